The lowest BCUT2D eigenvalue weighted by atomic mass is 10.2. The highest BCUT2D eigenvalue weighted by molar-refractivity contribution is 5.57. The van der Waals surface area contributed by atoms with Gasteiger partial charge in [-0.25, -0.2) is 15.8 Å². The molecule has 0 aliphatic carbocycles. The van der Waals surface area contributed by atoms with Crippen molar-refractivity contribution in [2.75, 3.05) is 37.6 Å². The average molecular weight is 253 g/mol. The van der Waals surface area contributed by atoms with E-state index in [4.69, 9.17) is 10.6 Å². The fourth-order valence-electron chi connectivity index (χ4n) is 1.77. The number of methoxy groups -OCH3 is 1. The molecule has 102 valence electrons. The molecular formula is C12H23N5O. The van der Waals surface area contributed by atoms with Crippen molar-refractivity contribution >= 4 is 11.6 Å². The van der Waals surface area contributed by atoms with Gasteiger partial charge in [-0.1, -0.05) is 6.92 Å². The second-order valence-electron chi connectivity index (χ2n) is 4.20. The number of rotatable bonds is 7. The molecule has 0 saturated carbocycles. The zero-order chi connectivity index (χ0) is 13.5. The minimum absolute atomic E-state index is 0.690. The predicted octanol–water partition coefficient (Wildman–Crippen LogP) is 1.11. The van der Waals surface area contributed by atoms with Gasteiger partial charge in [0.1, 0.15) is 17.5 Å². The maximum Gasteiger partial charge on any atom is 0.148 e. The van der Waals surface area contributed by atoms with Crippen molar-refractivity contribution < 1.29 is 4.74 Å². The quantitative estimate of drug-likeness (QED) is 0.430. The molecule has 6 nitrogen and oxygen atoms in total. The Morgan fingerprint density at radius 2 is 2.11 bits per heavy atom. The van der Waals surface area contributed by atoms with Gasteiger partial charge in [0.25, 0.3) is 0 Å². The first-order chi connectivity index (χ1) is 8.63. The summed E-state index contributed by atoms with van der Waals surface area (Å²) in [4.78, 5) is 11.0. The molecule has 0 atom stereocenters. The molecule has 1 aromatic heterocycles. The number of hydrazine groups is 1. The largest absolute Gasteiger partial charge is 0.385 e. The predicted molar refractivity (Wildman–Crippen MR) is 73.7 cm³/mol. The van der Waals surface area contributed by atoms with Gasteiger partial charge >= 0.3 is 0 Å². The maximum absolute atomic E-state index is 5.49. The van der Waals surface area contributed by atoms with Gasteiger partial charge in [0, 0.05) is 39.3 Å². The minimum Gasteiger partial charge on any atom is -0.385 e. The maximum atomic E-state index is 5.49. The second-order valence-corrected chi connectivity index (χ2v) is 4.20. The second kappa shape index (κ2) is 7.13. The van der Waals surface area contributed by atoms with Gasteiger partial charge in [-0.2, -0.15) is 0 Å². The SMILES string of the molecule is CCc1nc(NN)c(C)c(N(C)CCCOC)n1. The number of aryl methyl sites for hydroxylation is 1. The van der Waals surface area contributed by atoms with E-state index in [-0.39, 0.29) is 0 Å². The van der Waals surface area contributed by atoms with Crippen molar-refractivity contribution in [1.82, 2.24) is 9.97 Å². The number of nitrogens with one attached hydrogen (secondary N) is 1. The van der Waals surface area contributed by atoms with Gasteiger partial charge in [-0.15, -0.1) is 0 Å². The van der Waals surface area contributed by atoms with Crippen LogP contribution in [0.5, 0.6) is 0 Å². The normalized spacial score (nSPS) is 10.5. The molecule has 0 amide bonds. The van der Waals surface area contributed by atoms with E-state index < -0.39 is 0 Å². The van der Waals surface area contributed by atoms with E-state index >= 15 is 0 Å². The van der Waals surface area contributed by atoms with Crippen LogP contribution in [0.4, 0.5) is 11.6 Å². The first kappa shape index (κ1) is 14.7. The molecule has 0 aromatic carbocycles. The molecule has 6 heteroatoms. The summed E-state index contributed by atoms with van der Waals surface area (Å²) in [5.41, 5.74) is 3.60. The van der Waals surface area contributed by atoms with E-state index in [1.165, 1.54) is 0 Å². The lowest BCUT2D eigenvalue weighted by Gasteiger charge is -2.21. The fourth-order valence-corrected chi connectivity index (χ4v) is 1.77. The third-order valence-electron chi connectivity index (χ3n) is 2.82. The average Bonchev–Trinajstić information content (AvgIpc) is 2.39. The molecule has 18 heavy (non-hydrogen) atoms. The number of ether oxygens (including phenoxy) is 1. The van der Waals surface area contributed by atoms with Gasteiger partial charge in [0.2, 0.25) is 0 Å². The number of nitrogen functional groups attached to an aromatic ring is 1. The van der Waals surface area contributed by atoms with Crippen molar-refractivity contribution in [2.45, 2.75) is 26.7 Å². The van der Waals surface area contributed by atoms with Crippen LogP contribution >= 0.6 is 0 Å². The van der Waals surface area contributed by atoms with Gasteiger partial charge in [-0.05, 0) is 13.3 Å². The summed E-state index contributed by atoms with van der Waals surface area (Å²) in [6, 6.07) is 0. The monoisotopic (exact) mass is 253 g/mol. The molecule has 0 aliphatic rings. The standard InChI is InChI=1S/C12H23N5O/c1-5-10-14-11(16-13)9(2)12(15-10)17(3)7-6-8-18-4/h5-8,13H2,1-4H3,(H,14,15,16). The topological polar surface area (TPSA) is 76.3 Å². The van der Waals surface area contributed by atoms with Crippen molar-refractivity contribution in [3.8, 4) is 0 Å². The van der Waals surface area contributed by atoms with Crippen molar-refractivity contribution in [3.05, 3.63) is 11.4 Å². The molecule has 0 bridgehead atoms. The van der Waals surface area contributed by atoms with Gasteiger partial charge in [-0.3, -0.25) is 0 Å². The van der Waals surface area contributed by atoms with Crippen LogP contribution in [0.15, 0.2) is 0 Å². The Bertz CT molecular complexity index is 383. The Hall–Kier alpha value is -1.40. The van der Waals surface area contributed by atoms with Gasteiger partial charge in [0.05, 0.1) is 0 Å². The van der Waals surface area contributed by atoms with Gasteiger partial charge < -0.3 is 15.1 Å². The molecule has 0 saturated heterocycles. The lowest BCUT2D eigenvalue weighted by molar-refractivity contribution is 0.196. The van der Waals surface area contributed by atoms with E-state index in [2.05, 4.69) is 20.3 Å². The van der Waals surface area contributed by atoms with Crippen LogP contribution in [0.3, 0.4) is 0 Å². The molecule has 0 unspecified atom stereocenters. The van der Waals surface area contributed by atoms with E-state index in [1.807, 2.05) is 20.9 Å². The Balaban J connectivity index is 2.91. The van der Waals surface area contributed by atoms with Crippen molar-refractivity contribution in [3.63, 3.8) is 0 Å². The number of nitrogens with two attached hydrogens (primary N) is 1. The molecule has 1 rings (SSSR count). The van der Waals surface area contributed by atoms with Crippen LogP contribution in [0, 0.1) is 6.92 Å². The van der Waals surface area contributed by atoms with Crippen molar-refractivity contribution in [2.24, 2.45) is 5.84 Å². The number of anilines is 2. The summed E-state index contributed by atoms with van der Waals surface area (Å²) in [5, 5.41) is 0. The van der Waals surface area contributed by atoms with Crippen molar-refractivity contribution in [1.29, 1.82) is 0 Å². The zero-order valence-corrected chi connectivity index (χ0v) is 11.7. The Morgan fingerprint density at radius 3 is 2.67 bits per heavy atom. The number of aromatic nitrogens is 2. The molecule has 1 heterocycles. The van der Waals surface area contributed by atoms with E-state index in [0.717, 1.165) is 43.2 Å². The molecule has 1 aromatic rings. The van der Waals surface area contributed by atoms with Crippen LogP contribution in [-0.4, -0.2) is 37.3 Å². The van der Waals surface area contributed by atoms with E-state index in [1.54, 1.807) is 7.11 Å². The summed E-state index contributed by atoms with van der Waals surface area (Å²) in [5.74, 6) is 7.89. The third kappa shape index (κ3) is 3.54. The van der Waals surface area contributed by atoms with E-state index in [9.17, 15) is 0 Å². The van der Waals surface area contributed by atoms with Crippen LogP contribution in [0.2, 0.25) is 0 Å². The Labute approximate surface area is 109 Å². The molecule has 0 fully saturated rings. The highest BCUT2D eigenvalue weighted by atomic mass is 16.5. The number of hydrogen-bond donors (Lipinski definition) is 2. The summed E-state index contributed by atoms with van der Waals surface area (Å²) < 4.78 is 5.06. The molecule has 0 radical (unpaired) electrons. The Morgan fingerprint density at radius 1 is 1.39 bits per heavy atom. The highest BCUT2D eigenvalue weighted by Crippen LogP contribution is 2.22. The molecule has 0 spiro atoms. The minimum atomic E-state index is 0.690. The molecular weight excluding hydrogens is 230 g/mol. The van der Waals surface area contributed by atoms with E-state index in [0.29, 0.717) is 5.82 Å². The lowest BCUT2D eigenvalue weighted by Crippen LogP contribution is -2.24. The first-order valence-corrected chi connectivity index (χ1v) is 6.18. The number of nitrogens with zero attached hydrogens (tertiary/aromatic N) is 3. The summed E-state index contributed by atoms with van der Waals surface area (Å²) in [6.45, 7) is 5.63. The number of hydrogen-bond acceptors (Lipinski definition) is 6. The molecule has 3 N–H and O–H groups in total. The smallest absolute Gasteiger partial charge is 0.148 e. The zero-order valence-electron chi connectivity index (χ0n) is 11.7. The van der Waals surface area contributed by atoms with Crippen LogP contribution in [0.25, 0.3) is 0 Å². The van der Waals surface area contributed by atoms with Crippen LogP contribution in [0.1, 0.15) is 24.7 Å². The van der Waals surface area contributed by atoms with Crippen LogP contribution < -0.4 is 16.2 Å². The third-order valence-corrected chi connectivity index (χ3v) is 2.82. The summed E-state index contributed by atoms with van der Waals surface area (Å²) >= 11 is 0. The fraction of sp³-hybridized carbons (Fsp3) is 0.667. The molecule has 0 aliphatic heterocycles. The first-order valence-electron chi connectivity index (χ1n) is 6.18. The van der Waals surface area contributed by atoms with Crippen LogP contribution in [-0.2, 0) is 11.2 Å². The van der Waals surface area contributed by atoms with Gasteiger partial charge in [0.15, 0.2) is 0 Å². The summed E-state index contributed by atoms with van der Waals surface area (Å²) in [6.07, 6.45) is 1.75. The highest BCUT2D eigenvalue weighted by Gasteiger charge is 2.12. The summed E-state index contributed by atoms with van der Waals surface area (Å²) in [7, 11) is 3.73. The Kier molecular flexibility index (Phi) is 5.80.